The lowest BCUT2D eigenvalue weighted by molar-refractivity contribution is -0.121. The molecule has 1 atom stereocenters. The molecule has 11 heteroatoms. The van der Waals surface area contributed by atoms with E-state index in [0.29, 0.717) is 16.4 Å². The first-order chi connectivity index (χ1) is 15.9. The Labute approximate surface area is 200 Å². The van der Waals surface area contributed by atoms with Gasteiger partial charge in [0.15, 0.2) is 5.17 Å². The van der Waals surface area contributed by atoms with Gasteiger partial charge in [0.05, 0.1) is 0 Å². The monoisotopic (exact) mass is 486 g/mol. The molecule has 1 saturated heterocycles. The van der Waals surface area contributed by atoms with E-state index < -0.39 is 5.25 Å². The van der Waals surface area contributed by atoms with Crippen LogP contribution in [0, 0.1) is 0 Å². The molecule has 174 valence electrons. The molecule has 1 unspecified atom stereocenters. The highest BCUT2D eigenvalue weighted by Gasteiger charge is 2.33. The summed E-state index contributed by atoms with van der Waals surface area (Å²) in [7, 11) is 0. The van der Waals surface area contributed by atoms with Crippen molar-refractivity contribution in [2.75, 3.05) is 23.7 Å². The third kappa shape index (κ3) is 5.97. The van der Waals surface area contributed by atoms with Crippen molar-refractivity contribution in [1.82, 2.24) is 15.1 Å². The average Bonchev–Trinajstić information content (AvgIpc) is 3.42. The highest BCUT2D eigenvalue weighted by molar-refractivity contribution is 8.15. The molecule has 2 N–H and O–H groups in total. The summed E-state index contributed by atoms with van der Waals surface area (Å²) >= 11 is 2.72. The Balaban J connectivity index is 1.27. The number of thioether (sulfide) groups is 1. The fourth-order valence-corrected chi connectivity index (χ4v) is 5.36. The number of nitrogens with zero attached hydrogens (tertiary/aromatic N) is 4. The van der Waals surface area contributed by atoms with E-state index in [0.717, 1.165) is 36.1 Å². The Bertz CT molecular complexity index is 1060. The maximum Gasteiger partial charge on any atom is 0.262 e. The lowest BCUT2D eigenvalue weighted by Crippen LogP contribution is -2.33. The first-order valence-corrected chi connectivity index (χ1v) is 12.7. The summed E-state index contributed by atoms with van der Waals surface area (Å²) in [6.07, 6.45) is 3.47. The molecule has 3 amide bonds. The molecule has 0 saturated carbocycles. The quantitative estimate of drug-likeness (QED) is 0.639. The summed E-state index contributed by atoms with van der Waals surface area (Å²) in [5.41, 5.74) is 0.998. The first-order valence-electron chi connectivity index (χ1n) is 11.0. The molecule has 33 heavy (non-hydrogen) atoms. The zero-order chi connectivity index (χ0) is 23.4. The third-order valence-electron chi connectivity index (χ3n) is 5.31. The Morgan fingerprint density at radius 1 is 1.09 bits per heavy atom. The van der Waals surface area contributed by atoms with Crippen LogP contribution in [0.25, 0.3) is 0 Å². The second-order valence-corrected chi connectivity index (χ2v) is 10.4. The zero-order valence-electron chi connectivity index (χ0n) is 18.5. The van der Waals surface area contributed by atoms with Gasteiger partial charge in [0.2, 0.25) is 11.0 Å². The maximum atomic E-state index is 12.5. The van der Waals surface area contributed by atoms with Crippen LogP contribution in [0.2, 0.25) is 0 Å². The van der Waals surface area contributed by atoms with Crippen LogP contribution in [-0.4, -0.2) is 56.3 Å². The molecule has 2 aliphatic rings. The Morgan fingerprint density at radius 3 is 2.48 bits per heavy atom. The van der Waals surface area contributed by atoms with Crippen molar-refractivity contribution < 1.29 is 14.4 Å². The molecule has 9 nitrogen and oxygen atoms in total. The van der Waals surface area contributed by atoms with E-state index in [2.05, 4.69) is 30.7 Å². The number of hydrogen-bond donors (Lipinski definition) is 2. The summed E-state index contributed by atoms with van der Waals surface area (Å²) in [4.78, 5) is 43.5. The molecule has 0 aliphatic carbocycles. The number of benzene rings is 1. The highest BCUT2D eigenvalue weighted by Crippen LogP contribution is 2.29. The molecule has 0 radical (unpaired) electrons. The average molecular weight is 487 g/mol. The second kappa shape index (κ2) is 10.4. The van der Waals surface area contributed by atoms with Gasteiger partial charge in [-0.2, -0.15) is 4.99 Å². The molecular weight excluding hydrogens is 460 g/mol. The number of amides is 3. The van der Waals surface area contributed by atoms with Gasteiger partial charge < -0.3 is 10.2 Å². The Morgan fingerprint density at radius 2 is 1.82 bits per heavy atom. The topological polar surface area (TPSA) is 117 Å². The number of carbonyl (C=O) groups excluding carboxylic acids is 3. The number of likely N-dealkylation sites (tertiary alicyclic amines) is 1. The van der Waals surface area contributed by atoms with Gasteiger partial charge in [-0.1, -0.05) is 36.9 Å². The van der Waals surface area contributed by atoms with Gasteiger partial charge in [-0.15, -0.1) is 10.2 Å². The fourth-order valence-electron chi connectivity index (χ4n) is 3.50. The molecule has 2 aliphatic heterocycles. The number of carbonyl (C=O) groups is 3. The van der Waals surface area contributed by atoms with E-state index >= 15 is 0 Å². The van der Waals surface area contributed by atoms with Gasteiger partial charge in [0.25, 0.3) is 11.8 Å². The molecule has 1 fully saturated rings. The largest absolute Gasteiger partial charge is 0.351 e. The summed E-state index contributed by atoms with van der Waals surface area (Å²) in [6.45, 7) is 5.86. The molecule has 2 aromatic rings. The van der Waals surface area contributed by atoms with Crippen LogP contribution in [0.1, 0.15) is 60.8 Å². The summed E-state index contributed by atoms with van der Waals surface area (Å²) < 4.78 is 0. The Hall–Kier alpha value is -2.79. The number of nitrogens with one attached hydrogen (secondary N) is 2. The molecular formula is C22H26N6O3S2. The van der Waals surface area contributed by atoms with Gasteiger partial charge in [-0.25, -0.2) is 0 Å². The minimum absolute atomic E-state index is 0.0574. The van der Waals surface area contributed by atoms with Crippen LogP contribution in [0.4, 0.5) is 10.8 Å². The zero-order valence-corrected chi connectivity index (χ0v) is 20.2. The van der Waals surface area contributed by atoms with Crippen molar-refractivity contribution in [1.29, 1.82) is 0 Å². The molecule has 1 aromatic carbocycles. The summed E-state index contributed by atoms with van der Waals surface area (Å²) in [5.74, 6) is -0.560. The third-order valence-corrected chi connectivity index (χ3v) is 7.66. The number of rotatable bonds is 6. The molecule has 0 bridgehead atoms. The Kier molecular flexibility index (Phi) is 7.39. The van der Waals surface area contributed by atoms with E-state index in [4.69, 9.17) is 0 Å². The van der Waals surface area contributed by atoms with E-state index in [9.17, 15) is 14.4 Å². The van der Waals surface area contributed by atoms with Gasteiger partial charge in [-0.05, 0) is 43.5 Å². The van der Waals surface area contributed by atoms with E-state index in [1.165, 1.54) is 29.5 Å². The number of amidine groups is 1. The van der Waals surface area contributed by atoms with Crippen molar-refractivity contribution in [2.24, 2.45) is 4.99 Å². The van der Waals surface area contributed by atoms with E-state index in [1.807, 2.05) is 13.8 Å². The predicted molar refractivity (Wildman–Crippen MR) is 131 cm³/mol. The van der Waals surface area contributed by atoms with Gasteiger partial charge in [0, 0.05) is 36.7 Å². The second-order valence-electron chi connectivity index (χ2n) is 8.27. The van der Waals surface area contributed by atoms with Crippen molar-refractivity contribution in [3.8, 4) is 0 Å². The van der Waals surface area contributed by atoms with E-state index in [1.54, 1.807) is 24.3 Å². The summed E-state index contributed by atoms with van der Waals surface area (Å²) in [6, 6.07) is 6.57. The minimum Gasteiger partial charge on any atom is -0.351 e. The molecule has 3 heterocycles. The minimum atomic E-state index is -0.491. The van der Waals surface area contributed by atoms with Gasteiger partial charge >= 0.3 is 0 Å². The van der Waals surface area contributed by atoms with Crippen molar-refractivity contribution in [2.45, 2.75) is 50.7 Å². The number of aromatic nitrogens is 2. The standard InChI is InChI=1S/C22H26N6O3S2/c1-13(2)20-26-27-21(33-20)24-18(30)14-6-8-15(9-7-14)23-17(29)12-16-19(31)25-22(32-16)28-10-4-3-5-11-28/h6-9,13,16H,3-5,10-12H2,1-2H3,(H,23,29)(H,24,27,30). The maximum absolute atomic E-state index is 12.5. The van der Waals surface area contributed by atoms with Crippen LogP contribution in [0.15, 0.2) is 29.3 Å². The van der Waals surface area contributed by atoms with Crippen molar-refractivity contribution in [3.05, 3.63) is 34.8 Å². The van der Waals surface area contributed by atoms with Crippen LogP contribution >= 0.6 is 23.1 Å². The van der Waals surface area contributed by atoms with E-state index in [-0.39, 0.29) is 30.1 Å². The van der Waals surface area contributed by atoms with Crippen LogP contribution in [0.3, 0.4) is 0 Å². The lowest BCUT2D eigenvalue weighted by Gasteiger charge is -2.27. The predicted octanol–water partition coefficient (Wildman–Crippen LogP) is 3.73. The van der Waals surface area contributed by atoms with Crippen molar-refractivity contribution in [3.63, 3.8) is 0 Å². The fraction of sp³-hybridized carbons (Fsp3) is 0.455. The lowest BCUT2D eigenvalue weighted by atomic mass is 10.1. The first kappa shape index (κ1) is 23.4. The number of anilines is 2. The number of aliphatic imine (C=N–C) groups is 1. The number of hydrogen-bond acceptors (Lipinski definition) is 8. The van der Waals surface area contributed by atoms with Crippen molar-refractivity contribution >= 4 is 56.8 Å². The van der Waals surface area contributed by atoms with Crippen LogP contribution < -0.4 is 10.6 Å². The normalized spacial score (nSPS) is 18.4. The summed E-state index contributed by atoms with van der Waals surface area (Å²) in [5, 5.41) is 15.1. The highest BCUT2D eigenvalue weighted by atomic mass is 32.2. The van der Waals surface area contributed by atoms with Gasteiger partial charge in [0.1, 0.15) is 10.3 Å². The molecule has 4 rings (SSSR count). The van der Waals surface area contributed by atoms with Crippen LogP contribution in [0.5, 0.6) is 0 Å². The smallest absolute Gasteiger partial charge is 0.262 e. The molecule has 0 spiro atoms. The number of piperidine rings is 1. The SMILES string of the molecule is CC(C)c1nnc(NC(=O)c2ccc(NC(=O)CC3SC(N4CCCCC4)=NC3=O)cc2)s1. The van der Waals surface area contributed by atoms with Gasteiger partial charge in [-0.3, -0.25) is 19.7 Å². The molecule has 1 aromatic heterocycles. The van der Waals surface area contributed by atoms with Crippen LogP contribution in [-0.2, 0) is 9.59 Å².